The van der Waals surface area contributed by atoms with Crippen molar-refractivity contribution in [2.45, 2.75) is 12.8 Å². The fraction of sp³-hybridized carbons (Fsp3) is 0.250. The quantitative estimate of drug-likeness (QED) is 0.427. The van der Waals surface area contributed by atoms with E-state index in [4.69, 9.17) is 14.3 Å². The molecule has 0 saturated carbocycles. The summed E-state index contributed by atoms with van der Waals surface area (Å²) >= 11 is 0. The number of oxazole rings is 1. The molecule has 0 unspecified atom stereocenters. The molecular weight excluding hydrogens is 472 g/mol. The van der Waals surface area contributed by atoms with Crippen LogP contribution >= 0.6 is 0 Å². The summed E-state index contributed by atoms with van der Waals surface area (Å²) in [5.41, 5.74) is 2.37. The Bertz CT molecular complexity index is 1320. The van der Waals surface area contributed by atoms with Crippen LogP contribution in [-0.4, -0.2) is 53.1 Å². The summed E-state index contributed by atoms with van der Waals surface area (Å²) in [6.07, 6.45) is 8.88. The number of carbonyl (C=O) groups is 2. The summed E-state index contributed by atoms with van der Waals surface area (Å²) in [6, 6.07) is 13.8. The second-order valence-corrected chi connectivity index (χ2v) is 9.07. The number of aromatic carboxylic acids is 1. The molecule has 0 atom stereocenters. The van der Waals surface area contributed by atoms with Gasteiger partial charge in [0.25, 0.3) is 5.91 Å². The average molecular weight is 501 g/mol. The lowest BCUT2D eigenvalue weighted by Gasteiger charge is -2.36. The Morgan fingerprint density at radius 3 is 2.65 bits per heavy atom. The summed E-state index contributed by atoms with van der Waals surface area (Å²) in [5.74, 6) is 1.51. The Labute approximate surface area is 214 Å². The number of amides is 1. The van der Waals surface area contributed by atoms with Crippen LogP contribution in [0.4, 0.5) is 0 Å². The fourth-order valence-electron chi connectivity index (χ4n) is 4.45. The molecule has 37 heavy (non-hydrogen) atoms. The molecule has 3 N–H and O–H groups in total. The number of nitrogens with one attached hydrogen (secondary N) is 2. The number of carboxylic acid groups (broad SMARTS) is 1. The number of allylic oxidation sites excluding steroid dienone is 2. The van der Waals surface area contributed by atoms with Gasteiger partial charge in [-0.05, 0) is 61.2 Å². The molecule has 2 aromatic carbocycles. The highest BCUT2D eigenvalue weighted by Crippen LogP contribution is 2.23. The van der Waals surface area contributed by atoms with E-state index < -0.39 is 5.97 Å². The van der Waals surface area contributed by atoms with Crippen LogP contribution in [-0.2, 0) is 0 Å². The second kappa shape index (κ2) is 11.0. The highest BCUT2D eigenvalue weighted by atomic mass is 16.5. The molecule has 1 aromatic heterocycles. The third kappa shape index (κ3) is 6.00. The van der Waals surface area contributed by atoms with Gasteiger partial charge in [0.05, 0.1) is 24.9 Å². The topological polar surface area (TPSA) is 117 Å². The van der Waals surface area contributed by atoms with Gasteiger partial charge in [-0.1, -0.05) is 18.2 Å². The van der Waals surface area contributed by atoms with Crippen LogP contribution in [0.25, 0.3) is 11.3 Å². The number of likely N-dealkylation sites (tertiary alicyclic amines) is 1. The molecule has 2 aliphatic heterocycles. The lowest BCUT2D eigenvalue weighted by atomic mass is 9.97. The predicted octanol–water partition coefficient (Wildman–Crippen LogP) is 3.89. The average Bonchev–Trinajstić information content (AvgIpc) is 3.48. The standard InChI is InChI=1S/C28H28N4O5/c33-27(21-4-1-3-20(13-21)25-16-29-18-37-25)31-23-7-8-26(30-15-23)32-11-9-19(10-12-32)17-36-24-6-2-5-22(14-24)28(34)35/h1-8,13-14,16,18-19,30H,9-12,15,17H2,(H,31,33)(H,34,35). The summed E-state index contributed by atoms with van der Waals surface area (Å²) in [6.45, 7) is 2.89. The number of ether oxygens (including phenoxy) is 1. The second-order valence-electron chi connectivity index (χ2n) is 9.07. The first-order chi connectivity index (χ1) is 18.0. The monoisotopic (exact) mass is 500 g/mol. The molecule has 9 heteroatoms. The molecule has 3 heterocycles. The zero-order valence-corrected chi connectivity index (χ0v) is 20.2. The Morgan fingerprint density at radius 2 is 1.92 bits per heavy atom. The maximum atomic E-state index is 12.8. The molecule has 2 aliphatic rings. The van der Waals surface area contributed by atoms with Crippen LogP contribution < -0.4 is 15.4 Å². The van der Waals surface area contributed by atoms with Crippen molar-refractivity contribution in [3.8, 4) is 17.1 Å². The van der Waals surface area contributed by atoms with Gasteiger partial charge in [-0.15, -0.1) is 0 Å². The van der Waals surface area contributed by atoms with E-state index in [1.54, 1.807) is 42.6 Å². The van der Waals surface area contributed by atoms with Crippen molar-refractivity contribution >= 4 is 11.9 Å². The number of rotatable bonds is 8. The third-order valence-electron chi connectivity index (χ3n) is 6.54. The highest BCUT2D eigenvalue weighted by Gasteiger charge is 2.23. The molecule has 3 aromatic rings. The van der Waals surface area contributed by atoms with Crippen LogP contribution in [0.1, 0.15) is 33.6 Å². The number of dihydropyridines is 1. The van der Waals surface area contributed by atoms with Crippen LogP contribution in [0.2, 0.25) is 0 Å². The van der Waals surface area contributed by atoms with Crippen molar-refractivity contribution in [1.29, 1.82) is 0 Å². The van der Waals surface area contributed by atoms with Crippen molar-refractivity contribution in [2.24, 2.45) is 5.92 Å². The van der Waals surface area contributed by atoms with Crippen molar-refractivity contribution in [3.05, 3.63) is 95.9 Å². The van der Waals surface area contributed by atoms with Crippen LogP contribution in [0.15, 0.2) is 89.2 Å². The zero-order chi connectivity index (χ0) is 25.6. The molecule has 0 spiro atoms. The van der Waals surface area contributed by atoms with Gasteiger partial charge in [0.2, 0.25) is 0 Å². The Kier molecular flexibility index (Phi) is 7.21. The van der Waals surface area contributed by atoms with Crippen molar-refractivity contribution < 1.29 is 23.8 Å². The van der Waals surface area contributed by atoms with E-state index in [1.807, 2.05) is 24.3 Å². The number of aromatic nitrogens is 1. The minimum Gasteiger partial charge on any atom is -0.493 e. The molecule has 1 amide bonds. The first-order valence-electron chi connectivity index (χ1n) is 12.2. The molecule has 190 valence electrons. The largest absolute Gasteiger partial charge is 0.493 e. The number of hydrogen-bond donors (Lipinski definition) is 3. The van der Waals surface area contributed by atoms with E-state index in [0.29, 0.717) is 36.1 Å². The maximum Gasteiger partial charge on any atom is 0.335 e. The van der Waals surface area contributed by atoms with Crippen LogP contribution in [0.3, 0.4) is 0 Å². The summed E-state index contributed by atoms with van der Waals surface area (Å²) in [4.78, 5) is 30.1. The minimum absolute atomic E-state index is 0.180. The predicted molar refractivity (Wildman–Crippen MR) is 137 cm³/mol. The van der Waals surface area contributed by atoms with Gasteiger partial charge < -0.3 is 29.8 Å². The highest BCUT2D eigenvalue weighted by molar-refractivity contribution is 5.96. The molecule has 0 bridgehead atoms. The summed E-state index contributed by atoms with van der Waals surface area (Å²) < 4.78 is 11.2. The smallest absolute Gasteiger partial charge is 0.335 e. The van der Waals surface area contributed by atoms with Crippen molar-refractivity contribution in [2.75, 3.05) is 26.2 Å². The Morgan fingerprint density at radius 1 is 1.11 bits per heavy atom. The molecule has 9 nitrogen and oxygen atoms in total. The third-order valence-corrected chi connectivity index (χ3v) is 6.54. The van der Waals surface area contributed by atoms with E-state index in [0.717, 1.165) is 43.0 Å². The van der Waals surface area contributed by atoms with E-state index in [1.165, 1.54) is 6.39 Å². The van der Waals surface area contributed by atoms with Gasteiger partial charge in [0.15, 0.2) is 12.2 Å². The first kappa shape index (κ1) is 24.2. The first-order valence-corrected chi connectivity index (χ1v) is 12.2. The lowest BCUT2D eigenvalue weighted by molar-refractivity contribution is 0.0696. The van der Waals surface area contributed by atoms with E-state index >= 15 is 0 Å². The number of benzene rings is 2. The lowest BCUT2D eigenvalue weighted by Crippen LogP contribution is -2.42. The van der Waals surface area contributed by atoms with E-state index in [9.17, 15) is 9.59 Å². The zero-order valence-electron chi connectivity index (χ0n) is 20.2. The molecule has 1 saturated heterocycles. The number of carboxylic acids is 1. The number of piperidine rings is 1. The molecular formula is C28H28N4O5. The van der Waals surface area contributed by atoms with Crippen molar-refractivity contribution in [1.82, 2.24) is 20.5 Å². The van der Waals surface area contributed by atoms with Gasteiger partial charge in [-0.3, -0.25) is 4.79 Å². The molecule has 0 aliphatic carbocycles. The molecule has 1 fully saturated rings. The number of nitrogens with zero attached hydrogens (tertiary/aromatic N) is 2. The van der Waals surface area contributed by atoms with E-state index in [-0.39, 0.29) is 11.5 Å². The van der Waals surface area contributed by atoms with Crippen molar-refractivity contribution in [3.63, 3.8) is 0 Å². The maximum absolute atomic E-state index is 12.8. The van der Waals surface area contributed by atoms with Gasteiger partial charge in [0, 0.05) is 29.9 Å². The SMILES string of the molecule is O=C(O)c1cccc(OCC2CCN(C3=CC=C(NC(=O)c4cccc(-c5cnco5)c4)CN3)CC2)c1. The normalized spacial score (nSPS) is 15.8. The van der Waals surface area contributed by atoms with Gasteiger partial charge >= 0.3 is 5.97 Å². The van der Waals surface area contributed by atoms with Crippen LogP contribution in [0, 0.1) is 5.92 Å². The fourth-order valence-corrected chi connectivity index (χ4v) is 4.45. The summed E-state index contributed by atoms with van der Waals surface area (Å²) in [7, 11) is 0. The van der Waals surface area contributed by atoms with Crippen LogP contribution in [0.5, 0.6) is 5.75 Å². The van der Waals surface area contributed by atoms with Gasteiger partial charge in [-0.2, -0.15) is 0 Å². The molecule has 5 rings (SSSR count). The van der Waals surface area contributed by atoms with Gasteiger partial charge in [0.1, 0.15) is 11.6 Å². The van der Waals surface area contributed by atoms with Gasteiger partial charge in [-0.25, -0.2) is 9.78 Å². The number of hydrogen-bond acceptors (Lipinski definition) is 7. The Hall–Kier alpha value is -4.53. The number of carbonyl (C=O) groups excluding carboxylic acids is 1. The van der Waals surface area contributed by atoms with E-state index in [2.05, 4.69) is 20.5 Å². The Balaban J connectivity index is 1.11. The minimum atomic E-state index is -0.958. The summed E-state index contributed by atoms with van der Waals surface area (Å²) in [5, 5.41) is 15.5. The molecule has 0 radical (unpaired) electrons.